The molecular formula is C29H31N3O5S. The summed E-state index contributed by atoms with van der Waals surface area (Å²) >= 11 is 0. The number of carbonyl (C=O) groups excluding carboxylic acids is 2. The third-order valence-corrected chi connectivity index (χ3v) is 6.78. The molecule has 3 aromatic carbocycles. The highest BCUT2D eigenvalue weighted by atomic mass is 32.2. The molecule has 2 amide bonds. The Bertz CT molecular complexity index is 1440. The summed E-state index contributed by atoms with van der Waals surface area (Å²) in [6.07, 6.45) is 0.364. The summed E-state index contributed by atoms with van der Waals surface area (Å²) in [7, 11) is -4.16. The van der Waals surface area contributed by atoms with Gasteiger partial charge in [0.1, 0.15) is 0 Å². The molecule has 0 radical (unpaired) electrons. The minimum atomic E-state index is -4.16. The molecule has 3 rings (SSSR count). The molecule has 1 atom stereocenters. The van der Waals surface area contributed by atoms with E-state index in [1.54, 1.807) is 48.5 Å². The highest BCUT2D eigenvalue weighted by Crippen LogP contribution is 2.28. The summed E-state index contributed by atoms with van der Waals surface area (Å²) in [5, 5.41) is 14.6. The molecule has 0 aliphatic heterocycles. The van der Waals surface area contributed by atoms with Crippen molar-refractivity contribution in [3.63, 3.8) is 0 Å². The van der Waals surface area contributed by atoms with Crippen molar-refractivity contribution >= 4 is 27.6 Å². The second kappa shape index (κ2) is 12.0. The van der Waals surface area contributed by atoms with E-state index in [0.29, 0.717) is 23.2 Å². The number of benzene rings is 3. The van der Waals surface area contributed by atoms with Crippen molar-refractivity contribution in [2.75, 3.05) is 17.6 Å². The van der Waals surface area contributed by atoms with Gasteiger partial charge < -0.3 is 10.6 Å². The van der Waals surface area contributed by atoms with Crippen molar-refractivity contribution in [3.8, 4) is 6.07 Å². The van der Waals surface area contributed by atoms with Crippen LogP contribution >= 0.6 is 0 Å². The van der Waals surface area contributed by atoms with E-state index in [1.807, 2.05) is 24.3 Å². The monoisotopic (exact) mass is 533 g/mol. The number of nitriles is 1. The van der Waals surface area contributed by atoms with E-state index >= 15 is 0 Å². The van der Waals surface area contributed by atoms with Crippen molar-refractivity contribution in [2.24, 2.45) is 0 Å². The van der Waals surface area contributed by atoms with Gasteiger partial charge in [-0.3, -0.25) is 14.1 Å². The molecule has 3 aromatic rings. The van der Waals surface area contributed by atoms with Crippen molar-refractivity contribution < 1.29 is 22.6 Å². The van der Waals surface area contributed by atoms with E-state index in [-0.39, 0.29) is 17.9 Å². The van der Waals surface area contributed by atoms with Gasteiger partial charge in [-0.05, 0) is 58.9 Å². The van der Waals surface area contributed by atoms with Gasteiger partial charge in [0.25, 0.3) is 16.0 Å². The zero-order chi connectivity index (χ0) is 27.9. The predicted octanol–water partition coefficient (Wildman–Crippen LogP) is 4.44. The second-order valence-electron chi connectivity index (χ2n) is 10.0. The summed E-state index contributed by atoms with van der Waals surface area (Å²) < 4.78 is 30.5. The number of anilines is 1. The van der Waals surface area contributed by atoms with Gasteiger partial charge in [-0.2, -0.15) is 13.7 Å². The van der Waals surface area contributed by atoms with Crippen molar-refractivity contribution in [1.29, 1.82) is 5.26 Å². The van der Waals surface area contributed by atoms with Crippen LogP contribution in [0.25, 0.3) is 0 Å². The Kier molecular flexibility index (Phi) is 9.04. The Morgan fingerprint density at radius 2 is 1.66 bits per heavy atom. The first-order valence-electron chi connectivity index (χ1n) is 12.1. The number of rotatable bonds is 9. The van der Waals surface area contributed by atoms with Crippen LogP contribution in [0.15, 0.2) is 72.8 Å². The number of hydrogen-bond acceptors (Lipinski definition) is 5. The van der Waals surface area contributed by atoms with Gasteiger partial charge in [-0.15, -0.1) is 0 Å². The zero-order valence-corrected chi connectivity index (χ0v) is 22.4. The number of carbonyl (C=O) groups is 2. The standard InChI is InChI=1S/C29H31N3O5S/c1-29(2,3)24-13-11-22(12-14-24)26(28(34)32-25-6-4-5-21(17-25)19-30)18-20-7-9-23(10-8-20)27(33)31-15-16-38(35,36)37/h4-14,17,26H,15-16,18H2,1-3H3,(H,31,33)(H,32,34)(H,35,36,37). The molecule has 0 saturated heterocycles. The summed E-state index contributed by atoms with van der Waals surface area (Å²) in [5.74, 6) is -1.80. The van der Waals surface area contributed by atoms with Crippen LogP contribution in [0.5, 0.6) is 0 Å². The Hall–Kier alpha value is -4.00. The van der Waals surface area contributed by atoms with Gasteiger partial charge in [0.15, 0.2) is 0 Å². The Morgan fingerprint density at radius 3 is 2.24 bits per heavy atom. The maximum absolute atomic E-state index is 13.4. The normalized spacial score (nSPS) is 12.3. The van der Waals surface area contributed by atoms with Crippen molar-refractivity contribution in [1.82, 2.24) is 5.32 Å². The molecule has 0 aliphatic carbocycles. The smallest absolute Gasteiger partial charge is 0.266 e. The SMILES string of the molecule is CC(C)(C)c1ccc(C(Cc2ccc(C(=O)NCCS(=O)(=O)O)cc2)C(=O)Nc2cccc(C#N)c2)cc1. The first-order valence-corrected chi connectivity index (χ1v) is 13.7. The molecule has 0 aromatic heterocycles. The van der Waals surface area contributed by atoms with E-state index in [4.69, 9.17) is 4.55 Å². The van der Waals surface area contributed by atoms with Crippen LogP contribution in [-0.4, -0.2) is 37.1 Å². The average molecular weight is 534 g/mol. The van der Waals surface area contributed by atoms with Crippen LogP contribution in [0, 0.1) is 11.3 Å². The Labute approximate surface area is 223 Å². The van der Waals surface area contributed by atoms with Gasteiger partial charge in [0, 0.05) is 17.8 Å². The summed E-state index contributed by atoms with van der Waals surface area (Å²) in [5.41, 5.74) is 4.07. The summed E-state index contributed by atoms with van der Waals surface area (Å²) in [6, 6.07) is 23.4. The Balaban J connectivity index is 1.81. The van der Waals surface area contributed by atoms with Crippen LogP contribution in [0.1, 0.15) is 59.3 Å². The lowest BCUT2D eigenvalue weighted by atomic mass is 9.84. The third-order valence-electron chi connectivity index (χ3n) is 6.06. The maximum atomic E-state index is 13.4. The van der Waals surface area contributed by atoms with Crippen LogP contribution in [0.3, 0.4) is 0 Å². The summed E-state index contributed by atoms with van der Waals surface area (Å²) in [4.78, 5) is 25.7. The molecule has 0 fully saturated rings. The van der Waals surface area contributed by atoms with Crippen LogP contribution in [-0.2, 0) is 26.7 Å². The third kappa shape index (κ3) is 8.26. The van der Waals surface area contributed by atoms with Gasteiger partial charge in [-0.25, -0.2) is 0 Å². The highest BCUT2D eigenvalue weighted by molar-refractivity contribution is 7.85. The van der Waals surface area contributed by atoms with Crippen molar-refractivity contribution in [2.45, 2.75) is 38.5 Å². The maximum Gasteiger partial charge on any atom is 0.266 e. The minimum Gasteiger partial charge on any atom is -0.351 e. The molecule has 8 nitrogen and oxygen atoms in total. The molecule has 38 heavy (non-hydrogen) atoms. The molecule has 0 aliphatic rings. The van der Waals surface area contributed by atoms with Gasteiger partial charge >= 0.3 is 0 Å². The molecule has 9 heteroatoms. The Morgan fingerprint density at radius 1 is 1.00 bits per heavy atom. The molecule has 198 valence electrons. The molecule has 0 spiro atoms. The minimum absolute atomic E-state index is 0.0359. The number of nitrogens with zero attached hydrogens (tertiary/aromatic N) is 1. The first-order chi connectivity index (χ1) is 17.9. The molecule has 1 unspecified atom stereocenters. The quantitative estimate of drug-likeness (QED) is 0.348. The van der Waals surface area contributed by atoms with E-state index in [1.165, 1.54) is 0 Å². The van der Waals surface area contributed by atoms with Crippen molar-refractivity contribution in [3.05, 3.63) is 101 Å². The van der Waals surface area contributed by atoms with E-state index < -0.39 is 27.7 Å². The lowest BCUT2D eigenvalue weighted by Gasteiger charge is -2.22. The lowest BCUT2D eigenvalue weighted by Crippen LogP contribution is -2.28. The molecular weight excluding hydrogens is 502 g/mol. The fourth-order valence-corrected chi connectivity index (χ4v) is 4.26. The van der Waals surface area contributed by atoms with Gasteiger partial charge in [0.05, 0.1) is 23.3 Å². The fraction of sp³-hybridized carbons (Fsp3) is 0.276. The summed E-state index contributed by atoms with van der Waals surface area (Å²) in [6.45, 7) is 6.15. The zero-order valence-electron chi connectivity index (χ0n) is 21.6. The molecule has 0 bridgehead atoms. The number of nitrogens with one attached hydrogen (secondary N) is 2. The van der Waals surface area contributed by atoms with E-state index in [9.17, 15) is 23.3 Å². The predicted molar refractivity (Wildman–Crippen MR) is 147 cm³/mol. The van der Waals surface area contributed by atoms with E-state index in [0.717, 1.165) is 16.7 Å². The first kappa shape index (κ1) is 28.6. The van der Waals surface area contributed by atoms with Gasteiger partial charge in [-0.1, -0.05) is 63.2 Å². The molecule has 0 heterocycles. The van der Waals surface area contributed by atoms with E-state index in [2.05, 4.69) is 37.5 Å². The average Bonchev–Trinajstić information content (AvgIpc) is 2.86. The molecule has 0 saturated carbocycles. The lowest BCUT2D eigenvalue weighted by molar-refractivity contribution is -0.117. The van der Waals surface area contributed by atoms with Gasteiger partial charge in [0.2, 0.25) is 5.91 Å². The molecule has 3 N–H and O–H groups in total. The van der Waals surface area contributed by atoms with Crippen LogP contribution < -0.4 is 10.6 Å². The van der Waals surface area contributed by atoms with Crippen LogP contribution in [0.4, 0.5) is 5.69 Å². The van der Waals surface area contributed by atoms with Crippen LogP contribution in [0.2, 0.25) is 0 Å². The number of hydrogen-bond donors (Lipinski definition) is 3. The second-order valence-corrected chi connectivity index (χ2v) is 11.6. The fourth-order valence-electron chi connectivity index (χ4n) is 3.90. The number of amides is 2. The topological polar surface area (TPSA) is 136 Å². The highest BCUT2D eigenvalue weighted by Gasteiger charge is 2.23. The largest absolute Gasteiger partial charge is 0.351 e.